The summed E-state index contributed by atoms with van der Waals surface area (Å²) in [4.78, 5) is 0. The summed E-state index contributed by atoms with van der Waals surface area (Å²) < 4.78 is 65.6. The Morgan fingerprint density at radius 2 is 1.70 bits per heavy atom. The van der Waals surface area contributed by atoms with Gasteiger partial charge in [0, 0.05) is 0 Å². The van der Waals surface area contributed by atoms with Crippen LogP contribution in [0.4, 0.5) is 22.0 Å². The molecule has 1 heterocycles. The predicted octanol–water partition coefficient (Wildman–Crippen LogP) is 4.89. The molecule has 0 fully saturated rings. The predicted molar refractivity (Wildman–Crippen MR) is 78.5 cm³/mol. The molecule has 0 saturated heterocycles. The fourth-order valence-corrected chi connectivity index (χ4v) is 2.50. The van der Waals surface area contributed by atoms with E-state index in [2.05, 4.69) is 10.5 Å². The summed E-state index contributed by atoms with van der Waals surface area (Å²) in [6, 6.07) is 5.04. The Morgan fingerprint density at radius 3 is 2.22 bits per heavy atom. The summed E-state index contributed by atoms with van der Waals surface area (Å²) in [5.74, 6) is -5.13. The molecule has 2 rings (SSSR count). The lowest BCUT2D eigenvalue weighted by Crippen LogP contribution is -2.44. The molecule has 1 aromatic carbocycles. The molecule has 0 spiro atoms. The molecule has 8 heteroatoms. The Morgan fingerprint density at radius 1 is 1.04 bits per heavy atom. The van der Waals surface area contributed by atoms with Crippen molar-refractivity contribution in [3.05, 3.63) is 40.0 Å². The van der Waals surface area contributed by atoms with Gasteiger partial charge in [0.15, 0.2) is 10.9 Å². The molecule has 0 N–H and O–H groups in total. The molecule has 0 unspecified atom stereocenters. The van der Waals surface area contributed by atoms with E-state index in [4.69, 9.17) is 11.6 Å². The first-order valence-electron chi connectivity index (χ1n) is 6.89. The van der Waals surface area contributed by atoms with Crippen molar-refractivity contribution in [2.75, 3.05) is 0 Å². The number of nitrogens with zero attached hydrogens (tertiary/aromatic N) is 2. The summed E-state index contributed by atoms with van der Waals surface area (Å²) in [6.07, 6.45) is -4.73. The van der Waals surface area contributed by atoms with Gasteiger partial charge in [0.25, 0.3) is 0 Å². The van der Waals surface area contributed by atoms with Crippen molar-refractivity contribution in [2.45, 2.75) is 38.8 Å². The minimum Gasteiger partial charge on any atom is -0.189 e. The average molecular weight is 352 g/mol. The second-order valence-corrected chi connectivity index (χ2v) is 5.34. The van der Waals surface area contributed by atoms with E-state index in [0.29, 0.717) is 18.4 Å². The highest BCUT2D eigenvalue weighted by atomic mass is 35.5. The van der Waals surface area contributed by atoms with E-state index < -0.39 is 28.5 Å². The van der Waals surface area contributed by atoms with Crippen molar-refractivity contribution < 1.29 is 22.0 Å². The van der Waals surface area contributed by atoms with Crippen LogP contribution in [0.3, 0.4) is 0 Å². The van der Waals surface area contributed by atoms with E-state index in [1.807, 2.05) is 6.92 Å². The third-order valence-electron chi connectivity index (χ3n) is 3.57. The summed E-state index contributed by atoms with van der Waals surface area (Å²) in [5.41, 5.74) is 2.91. The van der Waals surface area contributed by atoms with Gasteiger partial charge in [-0.1, -0.05) is 43.6 Å². The fraction of sp³-hybridized carbons (Fsp3) is 0.400. The lowest BCUT2D eigenvalue weighted by atomic mass is 9.91. The molecular weight excluding hydrogens is 339 g/mol. The number of allylic oxidation sites excluding steroid dienone is 1. The van der Waals surface area contributed by atoms with Crippen molar-refractivity contribution in [1.29, 1.82) is 0 Å². The van der Waals surface area contributed by atoms with Crippen LogP contribution < -0.4 is 5.43 Å². The number of rotatable bonds is 4. The van der Waals surface area contributed by atoms with E-state index in [1.54, 1.807) is 25.1 Å². The van der Waals surface area contributed by atoms with Gasteiger partial charge >= 0.3 is 12.1 Å². The maximum absolute atomic E-state index is 13.8. The Balaban J connectivity index is 2.62. The molecule has 0 amide bonds. The molecular formula is C15H13ClF5N2. The van der Waals surface area contributed by atoms with Crippen molar-refractivity contribution in [1.82, 2.24) is 5.43 Å². The molecule has 0 atom stereocenters. The van der Waals surface area contributed by atoms with E-state index in [0.717, 1.165) is 5.56 Å². The first-order chi connectivity index (χ1) is 10.6. The summed E-state index contributed by atoms with van der Waals surface area (Å²) >= 11 is 5.79. The molecule has 23 heavy (non-hydrogen) atoms. The average Bonchev–Trinajstić information content (AvgIpc) is 2.87. The van der Waals surface area contributed by atoms with E-state index in [1.165, 1.54) is 0 Å². The minimum absolute atomic E-state index is 0.209. The number of hydrogen-bond acceptors (Lipinski definition) is 1. The second-order valence-electron chi connectivity index (χ2n) is 4.99. The van der Waals surface area contributed by atoms with E-state index in [9.17, 15) is 22.0 Å². The van der Waals surface area contributed by atoms with Gasteiger partial charge in [-0.2, -0.15) is 22.0 Å². The van der Waals surface area contributed by atoms with Gasteiger partial charge in [-0.25, -0.2) is 0 Å². The number of halogens is 6. The molecule has 0 aromatic heterocycles. The van der Waals surface area contributed by atoms with E-state index in [-0.39, 0.29) is 5.56 Å². The van der Waals surface area contributed by atoms with Crippen molar-refractivity contribution in [3.63, 3.8) is 0 Å². The van der Waals surface area contributed by atoms with Crippen LogP contribution in [-0.2, 0) is 12.8 Å². The van der Waals surface area contributed by atoms with Crippen LogP contribution in [-0.4, -0.2) is 17.8 Å². The van der Waals surface area contributed by atoms with Crippen LogP contribution in [0.5, 0.6) is 0 Å². The monoisotopic (exact) mass is 351 g/mol. The van der Waals surface area contributed by atoms with Crippen molar-refractivity contribution in [3.8, 4) is 0 Å². The zero-order valence-corrected chi connectivity index (χ0v) is 13.1. The summed E-state index contributed by atoms with van der Waals surface area (Å²) in [7, 11) is 0. The largest absolute Gasteiger partial charge is 0.459 e. The topological polar surface area (TPSA) is 26.5 Å². The molecule has 1 aliphatic rings. The van der Waals surface area contributed by atoms with Crippen molar-refractivity contribution in [2.24, 2.45) is 5.10 Å². The Labute approximate surface area is 135 Å². The zero-order valence-electron chi connectivity index (χ0n) is 12.3. The molecule has 0 aliphatic carbocycles. The molecule has 125 valence electrons. The van der Waals surface area contributed by atoms with Crippen LogP contribution in [0.1, 0.15) is 30.5 Å². The Kier molecular flexibility index (Phi) is 4.71. The smallest absolute Gasteiger partial charge is 0.189 e. The fourth-order valence-electron chi connectivity index (χ4n) is 2.27. The third kappa shape index (κ3) is 3.06. The Hall–Kier alpha value is -1.63. The molecule has 1 radical (unpaired) electrons. The van der Waals surface area contributed by atoms with Crippen molar-refractivity contribution >= 4 is 22.9 Å². The maximum atomic E-state index is 13.8. The molecule has 0 bridgehead atoms. The first kappa shape index (κ1) is 17.7. The van der Waals surface area contributed by atoms with Crippen LogP contribution in [0.15, 0.2) is 28.5 Å². The Bertz CT molecular complexity index is 677. The SMILES string of the molecule is CCc1ccc(CC)c(C2=C(Cl)[N]N=C2C(F)(F)C(F)(F)F)c1. The normalized spacial score (nSPS) is 15.7. The van der Waals surface area contributed by atoms with E-state index >= 15 is 0 Å². The van der Waals surface area contributed by atoms with Gasteiger partial charge in [0.2, 0.25) is 0 Å². The number of hydrogen-bond donors (Lipinski definition) is 0. The van der Waals surface area contributed by atoms with Gasteiger partial charge in [-0.15, -0.1) is 10.5 Å². The molecule has 2 nitrogen and oxygen atoms in total. The summed E-state index contributed by atoms with van der Waals surface area (Å²) in [5, 5.41) is 2.54. The van der Waals surface area contributed by atoms with Crippen LogP contribution >= 0.6 is 11.6 Å². The molecule has 0 saturated carbocycles. The van der Waals surface area contributed by atoms with Gasteiger partial charge in [0.05, 0.1) is 5.57 Å². The summed E-state index contributed by atoms with van der Waals surface area (Å²) in [6.45, 7) is 3.61. The highest BCUT2D eigenvalue weighted by molar-refractivity contribution is 6.42. The standard InChI is InChI=1S/C15H13ClF5N2/c1-3-8-5-6-9(4-2)10(7-8)11-12(22-23-13(11)16)14(17,18)15(19,20)21/h5-7H,3-4H2,1-2H3. The minimum atomic E-state index is -5.77. The number of aryl methyl sites for hydroxylation is 2. The number of benzene rings is 1. The first-order valence-corrected chi connectivity index (χ1v) is 7.27. The van der Waals surface area contributed by atoms with Crippen LogP contribution in [0.2, 0.25) is 0 Å². The lowest BCUT2D eigenvalue weighted by Gasteiger charge is -2.21. The maximum Gasteiger partial charge on any atom is 0.459 e. The van der Waals surface area contributed by atoms with Gasteiger partial charge in [-0.3, -0.25) is 0 Å². The molecule has 1 aromatic rings. The van der Waals surface area contributed by atoms with Gasteiger partial charge in [-0.05, 0) is 29.5 Å². The number of alkyl halides is 5. The van der Waals surface area contributed by atoms with Crippen LogP contribution in [0, 0.1) is 0 Å². The second kappa shape index (κ2) is 6.11. The lowest BCUT2D eigenvalue weighted by molar-refractivity contribution is -0.248. The zero-order chi connectivity index (χ0) is 17.4. The van der Waals surface area contributed by atoms with Gasteiger partial charge in [0.1, 0.15) is 0 Å². The highest BCUT2D eigenvalue weighted by Crippen LogP contribution is 2.44. The third-order valence-corrected chi connectivity index (χ3v) is 3.83. The molecule has 1 aliphatic heterocycles. The van der Waals surface area contributed by atoms with Gasteiger partial charge < -0.3 is 0 Å². The van der Waals surface area contributed by atoms with Crippen LogP contribution in [0.25, 0.3) is 5.57 Å². The highest BCUT2D eigenvalue weighted by Gasteiger charge is 2.63. The quantitative estimate of drug-likeness (QED) is 0.545.